The summed E-state index contributed by atoms with van der Waals surface area (Å²) in [6.07, 6.45) is 10.6. The first-order valence-electron chi connectivity index (χ1n) is 12.7. The second-order valence-corrected chi connectivity index (χ2v) is 12.2. The van der Waals surface area contributed by atoms with Gasteiger partial charge < -0.3 is 10.0 Å². The number of rotatable bonds is 3. The molecule has 0 unspecified atom stereocenters. The molecule has 3 nitrogen and oxygen atoms in total. The van der Waals surface area contributed by atoms with E-state index in [-0.39, 0.29) is 11.3 Å². The number of nitrogens with zero attached hydrogens (tertiary/aromatic N) is 1. The van der Waals surface area contributed by atoms with E-state index in [1.54, 1.807) is 0 Å². The Morgan fingerprint density at radius 2 is 1.61 bits per heavy atom. The van der Waals surface area contributed by atoms with Crippen LogP contribution in [0, 0.1) is 40.9 Å². The van der Waals surface area contributed by atoms with Crippen LogP contribution in [0.5, 0.6) is 0 Å². The van der Waals surface area contributed by atoms with Crippen molar-refractivity contribution in [1.82, 2.24) is 0 Å². The molecule has 0 saturated heterocycles. The van der Waals surface area contributed by atoms with Crippen LogP contribution in [0.4, 0.5) is 5.69 Å². The fraction of sp³-hybridized carbons (Fsp3) is 0.750. The molecule has 4 aliphatic rings. The second kappa shape index (κ2) is 7.61. The number of hydrogen-bond acceptors (Lipinski definition) is 3. The Morgan fingerprint density at radius 1 is 0.903 bits per heavy atom. The Labute approximate surface area is 188 Å². The van der Waals surface area contributed by atoms with Gasteiger partial charge in [-0.3, -0.25) is 4.79 Å². The molecule has 1 aromatic rings. The van der Waals surface area contributed by atoms with Crippen molar-refractivity contribution in [1.29, 1.82) is 0 Å². The van der Waals surface area contributed by atoms with Gasteiger partial charge in [-0.2, -0.15) is 0 Å². The Kier molecular flexibility index (Phi) is 5.28. The quantitative estimate of drug-likeness (QED) is 0.610. The van der Waals surface area contributed by atoms with Gasteiger partial charge in [0.1, 0.15) is 0 Å². The molecule has 0 aliphatic heterocycles. The molecule has 0 aromatic heterocycles. The van der Waals surface area contributed by atoms with E-state index in [0.717, 1.165) is 54.2 Å². The average molecular weight is 424 g/mol. The van der Waals surface area contributed by atoms with E-state index in [0.29, 0.717) is 11.7 Å². The molecule has 4 fully saturated rings. The van der Waals surface area contributed by atoms with Crippen LogP contribution in [0.3, 0.4) is 0 Å². The van der Waals surface area contributed by atoms with Crippen molar-refractivity contribution in [2.45, 2.75) is 77.2 Å². The van der Waals surface area contributed by atoms with Crippen LogP contribution in [-0.4, -0.2) is 30.6 Å². The Balaban J connectivity index is 1.34. The summed E-state index contributed by atoms with van der Waals surface area (Å²) in [6.45, 7) is 4.50. The Bertz CT molecular complexity index is 828. The lowest BCUT2D eigenvalue weighted by Gasteiger charge is -2.56. The van der Waals surface area contributed by atoms with E-state index in [1.165, 1.54) is 38.5 Å². The zero-order valence-corrected chi connectivity index (χ0v) is 19.9. The van der Waals surface area contributed by atoms with Gasteiger partial charge in [-0.15, -0.1) is 0 Å². The highest BCUT2D eigenvalue weighted by atomic mass is 16.3. The first kappa shape index (κ1) is 21.5. The zero-order chi connectivity index (χ0) is 22.0. The minimum absolute atomic E-state index is 0.172. The number of carbonyl (C=O) groups is 1. The maximum atomic E-state index is 13.6. The maximum absolute atomic E-state index is 13.6. The summed E-state index contributed by atoms with van der Waals surface area (Å²) in [5, 5.41) is 10.6. The molecule has 0 heterocycles. The smallest absolute Gasteiger partial charge is 0.166 e. The van der Waals surface area contributed by atoms with Crippen LogP contribution in [0.25, 0.3) is 0 Å². The minimum atomic E-state index is -0.440. The normalized spacial score (nSPS) is 44.2. The van der Waals surface area contributed by atoms with E-state index in [9.17, 15) is 9.90 Å². The lowest BCUT2D eigenvalue weighted by molar-refractivity contribution is -0.0976. The summed E-state index contributed by atoms with van der Waals surface area (Å²) in [4.78, 5) is 15.7. The lowest BCUT2D eigenvalue weighted by atomic mass is 9.49. The summed E-state index contributed by atoms with van der Waals surface area (Å²) in [6, 6.07) is 8.24. The summed E-state index contributed by atoms with van der Waals surface area (Å²) in [5.41, 5.74) is 1.78. The number of aliphatic hydroxyl groups is 1. The highest BCUT2D eigenvalue weighted by molar-refractivity contribution is 5.98. The number of carbonyl (C=O) groups excluding carboxylic acids is 1. The zero-order valence-electron chi connectivity index (χ0n) is 19.9. The molecular weight excluding hydrogens is 382 g/mol. The van der Waals surface area contributed by atoms with E-state index in [1.807, 2.05) is 33.2 Å². The van der Waals surface area contributed by atoms with Crippen molar-refractivity contribution < 1.29 is 9.90 Å². The SMILES string of the molecule is CN(C)c1ccc(C(=O)[C@H]2CC[C@H]3[C@@H]4CC[C@@H]5C[C@](C)(O)CC[C@@H]5[C@H]4CC[C@]23C)cc1. The first-order chi connectivity index (χ1) is 14.7. The second-order valence-electron chi connectivity index (χ2n) is 12.2. The number of fused-ring (bicyclic) bond motifs is 5. The van der Waals surface area contributed by atoms with Crippen LogP contribution in [0.15, 0.2) is 24.3 Å². The fourth-order valence-electron chi connectivity index (χ4n) is 8.64. The fourth-order valence-corrected chi connectivity index (χ4v) is 8.64. The van der Waals surface area contributed by atoms with Crippen LogP contribution < -0.4 is 4.90 Å². The van der Waals surface area contributed by atoms with Crippen molar-refractivity contribution in [3.63, 3.8) is 0 Å². The minimum Gasteiger partial charge on any atom is -0.390 e. The lowest BCUT2D eigenvalue weighted by Crippen LogP contribution is -2.51. The molecule has 31 heavy (non-hydrogen) atoms. The molecule has 1 N–H and O–H groups in total. The third kappa shape index (κ3) is 3.56. The molecule has 1 aromatic carbocycles. The highest BCUT2D eigenvalue weighted by Crippen LogP contribution is 2.64. The predicted octanol–water partition coefficient (Wildman–Crippen LogP) is 5.96. The Morgan fingerprint density at radius 3 is 2.32 bits per heavy atom. The molecule has 170 valence electrons. The first-order valence-corrected chi connectivity index (χ1v) is 12.7. The summed E-state index contributed by atoms with van der Waals surface area (Å²) >= 11 is 0. The molecule has 4 aliphatic carbocycles. The van der Waals surface area contributed by atoms with Gasteiger partial charge >= 0.3 is 0 Å². The van der Waals surface area contributed by atoms with E-state index < -0.39 is 5.60 Å². The molecule has 8 atom stereocenters. The van der Waals surface area contributed by atoms with Gasteiger partial charge in [0.2, 0.25) is 0 Å². The predicted molar refractivity (Wildman–Crippen MR) is 126 cm³/mol. The standard InChI is InChI=1S/C28H41NO2/c1-27(31)15-13-21-19(17-27)7-10-23-22(21)14-16-28(2)24(23)11-12-25(28)26(30)18-5-8-20(9-6-18)29(3)4/h5-6,8-9,19,21-25,31H,7,10-17H2,1-4H3/t19-,21+,22-,23-,24+,25-,27-,28+/m1/s1. The van der Waals surface area contributed by atoms with Crippen molar-refractivity contribution in [3.05, 3.63) is 29.8 Å². The molecule has 0 radical (unpaired) electrons. The van der Waals surface area contributed by atoms with Crippen LogP contribution >= 0.6 is 0 Å². The monoisotopic (exact) mass is 423 g/mol. The van der Waals surface area contributed by atoms with Gasteiger partial charge in [-0.25, -0.2) is 0 Å². The third-order valence-corrected chi connectivity index (χ3v) is 10.2. The van der Waals surface area contributed by atoms with Gasteiger partial charge in [0.15, 0.2) is 5.78 Å². The van der Waals surface area contributed by atoms with Crippen molar-refractivity contribution >= 4 is 11.5 Å². The van der Waals surface area contributed by atoms with Crippen LogP contribution in [0.2, 0.25) is 0 Å². The Hall–Kier alpha value is -1.35. The number of ketones is 1. The molecule has 5 rings (SSSR count). The van der Waals surface area contributed by atoms with Gasteiger partial charge in [0, 0.05) is 31.3 Å². The summed E-state index contributed by atoms with van der Waals surface area (Å²) in [7, 11) is 4.08. The van der Waals surface area contributed by atoms with Crippen molar-refractivity contribution in [2.24, 2.45) is 40.9 Å². The number of Topliss-reactive ketones (excluding diaryl/α,β-unsaturated/α-hetero) is 1. The molecule has 0 amide bonds. The average Bonchev–Trinajstić information content (AvgIpc) is 3.09. The molecule has 4 saturated carbocycles. The van der Waals surface area contributed by atoms with Gasteiger partial charge in [0.25, 0.3) is 0 Å². The number of benzene rings is 1. The molecule has 0 spiro atoms. The van der Waals surface area contributed by atoms with Crippen LogP contribution in [0.1, 0.15) is 82.0 Å². The van der Waals surface area contributed by atoms with Gasteiger partial charge in [0.05, 0.1) is 5.60 Å². The topological polar surface area (TPSA) is 40.5 Å². The van der Waals surface area contributed by atoms with E-state index in [2.05, 4.69) is 24.0 Å². The van der Waals surface area contributed by atoms with Gasteiger partial charge in [-0.1, -0.05) is 6.92 Å². The van der Waals surface area contributed by atoms with E-state index in [4.69, 9.17) is 0 Å². The molecule has 3 heteroatoms. The van der Waals surface area contributed by atoms with Gasteiger partial charge in [-0.05, 0) is 124 Å². The number of hydrogen-bond donors (Lipinski definition) is 1. The molecule has 0 bridgehead atoms. The third-order valence-electron chi connectivity index (χ3n) is 10.2. The molecular formula is C28H41NO2. The largest absolute Gasteiger partial charge is 0.390 e. The highest BCUT2D eigenvalue weighted by Gasteiger charge is 2.58. The van der Waals surface area contributed by atoms with Crippen molar-refractivity contribution in [3.8, 4) is 0 Å². The maximum Gasteiger partial charge on any atom is 0.166 e. The summed E-state index contributed by atoms with van der Waals surface area (Å²) < 4.78 is 0. The number of anilines is 1. The van der Waals surface area contributed by atoms with E-state index >= 15 is 0 Å². The summed E-state index contributed by atoms with van der Waals surface area (Å²) in [5.74, 6) is 4.47. The van der Waals surface area contributed by atoms with Crippen LogP contribution in [-0.2, 0) is 0 Å². The van der Waals surface area contributed by atoms with Crippen molar-refractivity contribution in [2.75, 3.05) is 19.0 Å².